The SMILES string of the molecule is C=C/C(C)=C1\C(C)C1N. The molecule has 50 valence electrons. The Balaban J connectivity index is 2.75. The zero-order valence-corrected chi connectivity index (χ0v) is 6.02. The van der Waals surface area contributed by atoms with Gasteiger partial charge in [0, 0.05) is 6.04 Å². The summed E-state index contributed by atoms with van der Waals surface area (Å²) in [4.78, 5) is 0. The van der Waals surface area contributed by atoms with Crippen molar-refractivity contribution >= 4 is 0 Å². The van der Waals surface area contributed by atoms with E-state index in [1.165, 1.54) is 11.1 Å². The Bertz CT molecular complexity index is 157. The molecule has 0 spiro atoms. The molecule has 0 aromatic heterocycles. The molecule has 2 atom stereocenters. The number of hydrogen-bond donors (Lipinski definition) is 1. The topological polar surface area (TPSA) is 26.0 Å². The van der Waals surface area contributed by atoms with Crippen molar-refractivity contribution in [1.82, 2.24) is 0 Å². The Morgan fingerprint density at radius 3 is 2.33 bits per heavy atom. The summed E-state index contributed by atoms with van der Waals surface area (Å²) >= 11 is 0. The van der Waals surface area contributed by atoms with Gasteiger partial charge < -0.3 is 5.73 Å². The van der Waals surface area contributed by atoms with Gasteiger partial charge in [-0.15, -0.1) is 0 Å². The lowest BCUT2D eigenvalue weighted by atomic mass is 10.2. The second kappa shape index (κ2) is 1.99. The van der Waals surface area contributed by atoms with E-state index in [-0.39, 0.29) is 0 Å². The van der Waals surface area contributed by atoms with Gasteiger partial charge in [0.25, 0.3) is 0 Å². The summed E-state index contributed by atoms with van der Waals surface area (Å²) in [6, 6.07) is 0.322. The Hall–Kier alpha value is -0.560. The first-order chi connectivity index (χ1) is 4.18. The Kier molecular flexibility index (Phi) is 1.45. The van der Waals surface area contributed by atoms with Crippen LogP contribution in [0, 0.1) is 5.92 Å². The minimum absolute atomic E-state index is 0.322. The van der Waals surface area contributed by atoms with E-state index in [4.69, 9.17) is 5.73 Å². The average Bonchev–Trinajstić information content (AvgIpc) is 2.40. The maximum absolute atomic E-state index is 5.68. The van der Waals surface area contributed by atoms with Crippen LogP contribution in [-0.2, 0) is 0 Å². The van der Waals surface area contributed by atoms with Crippen molar-refractivity contribution in [3.05, 3.63) is 23.8 Å². The third-order valence-corrected chi connectivity index (χ3v) is 2.04. The summed E-state index contributed by atoms with van der Waals surface area (Å²) in [5, 5.41) is 0. The summed E-state index contributed by atoms with van der Waals surface area (Å²) in [7, 11) is 0. The Morgan fingerprint density at radius 1 is 1.78 bits per heavy atom. The number of nitrogens with two attached hydrogens (primary N) is 1. The summed E-state index contributed by atoms with van der Waals surface area (Å²) in [5.74, 6) is 0.600. The first-order valence-electron chi connectivity index (χ1n) is 3.27. The van der Waals surface area contributed by atoms with Crippen LogP contribution in [-0.4, -0.2) is 6.04 Å². The van der Waals surface area contributed by atoms with E-state index < -0.39 is 0 Å². The van der Waals surface area contributed by atoms with E-state index >= 15 is 0 Å². The van der Waals surface area contributed by atoms with Crippen LogP contribution in [0.5, 0.6) is 0 Å². The predicted octanol–water partition coefficient (Wildman–Crippen LogP) is 1.47. The van der Waals surface area contributed by atoms with Crippen molar-refractivity contribution in [2.75, 3.05) is 0 Å². The molecule has 2 unspecified atom stereocenters. The van der Waals surface area contributed by atoms with Crippen molar-refractivity contribution in [3.63, 3.8) is 0 Å². The highest BCUT2D eigenvalue weighted by molar-refractivity contribution is 5.40. The first-order valence-corrected chi connectivity index (χ1v) is 3.27. The number of hydrogen-bond acceptors (Lipinski definition) is 1. The van der Waals surface area contributed by atoms with Crippen LogP contribution in [0.4, 0.5) is 0 Å². The summed E-state index contributed by atoms with van der Waals surface area (Å²) in [5.41, 5.74) is 8.32. The second-order valence-electron chi connectivity index (χ2n) is 2.66. The van der Waals surface area contributed by atoms with Gasteiger partial charge in [0.1, 0.15) is 0 Å². The highest BCUT2D eigenvalue weighted by Crippen LogP contribution is 2.38. The highest BCUT2D eigenvalue weighted by Gasteiger charge is 2.37. The molecule has 1 aliphatic carbocycles. The van der Waals surface area contributed by atoms with E-state index in [0.29, 0.717) is 12.0 Å². The Labute approximate surface area is 56.2 Å². The van der Waals surface area contributed by atoms with Gasteiger partial charge in [0.15, 0.2) is 0 Å². The van der Waals surface area contributed by atoms with Crippen molar-refractivity contribution in [1.29, 1.82) is 0 Å². The molecule has 9 heavy (non-hydrogen) atoms. The van der Waals surface area contributed by atoms with Crippen LogP contribution in [0.15, 0.2) is 23.8 Å². The normalized spacial score (nSPS) is 38.1. The molecule has 0 heterocycles. The molecule has 0 amide bonds. The highest BCUT2D eigenvalue weighted by atomic mass is 14.8. The second-order valence-corrected chi connectivity index (χ2v) is 2.66. The van der Waals surface area contributed by atoms with Gasteiger partial charge in [0.05, 0.1) is 0 Å². The van der Waals surface area contributed by atoms with Gasteiger partial charge in [-0.1, -0.05) is 25.2 Å². The predicted molar refractivity (Wildman–Crippen MR) is 40.0 cm³/mol. The molecule has 1 saturated carbocycles. The van der Waals surface area contributed by atoms with Gasteiger partial charge in [-0.05, 0) is 18.4 Å². The van der Waals surface area contributed by atoms with E-state index in [1.807, 2.05) is 6.08 Å². The van der Waals surface area contributed by atoms with E-state index in [0.717, 1.165) is 0 Å². The molecule has 0 bridgehead atoms. The fraction of sp³-hybridized carbons (Fsp3) is 0.500. The molecular formula is C8H13N. The van der Waals surface area contributed by atoms with Gasteiger partial charge in [-0.2, -0.15) is 0 Å². The minimum atomic E-state index is 0.322. The smallest absolute Gasteiger partial charge is 0.0327 e. The largest absolute Gasteiger partial charge is 0.324 e. The van der Waals surface area contributed by atoms with Crippen LogP contribution in [0.2, 0.25) is 0 Å². The number of allylic oxidation sites excluding steroid dienone is 2. The third kappa shape index (κ3) is 0.924. The summed E-state index contributed by atoms with van der Waals surface area (Å²) < 4.78 is 0. The monoisotopic (exact) mass is 123 g/mol. The molecule has 0 aliphatic heterocycles. The van der Waals surface area contributed by atoms with Crippen LogP contribution in [0.25, 0.3) is 0 Å². The van der Waals surface area contributed by atoms with Crippen molar-refractivity contribution < 1.29 is 0 Å². The quantitative estimate of drug-likeness (QED) is 0.561. The first kappa shape index (κ1) is 6.56. The van der Waals surface area contributed by atoms with Gasteiger partial charge in [0.2, 0.25) is 0 Å². The molecule has 1 heteroatoms. The van der Waals surface area contributed by atoms with Crippen LogP contribution in [0.1, 0.15) is 13.8 Å². The molecule has 1 nitrogen and oxygen atoms in total. The fourth-order valence-electron chi connectivity index (χ4n) is 1.16. The van der Waals surface area contributed by atoms with Gasteiger partial charge in [-0.25, -0.2) is 0 Å². The standard InChI is InChI=1S/C8H13N/c1-4-5(2)7-6(3)8(7)9/h4,6,8H,1,9H2,2-3H3/b7-5+. The third-order valence-electron chi connectivity index (χ3n) is 2.04. The summed E-state index contributed by atoms with van der Waals surface area (Å²) in [6.07, 6.45) is 1.87. The van der Waals surface area contributed by atoms with E-state index in [2.05, 4.69) is 20.4 Å². The van der Waals surface area contributed by atoms with Crippen molar-refractivity contribution in [2.45, 2.75) is 19.9 Å². The fourth-order valence-corrected chi connectivity index (χ4v) is 1.16. The molecule has 0 saturated heterocycles. The summed E-state index contributed by atoms with van der Waals surface area (Å²) in [6.45, 7) is 7.88. The zero-order valence-electron chi connectivity index (χ0n) is 6.02. The Morgan fingerprint density at radius 2 is 2.22 bits per heavy atom. The van der Waals surface area contributed by atoms with Crippen molar-refractivity contribution in [2.24, 2.45) is 11.7 Å². The number of rotatable bonds is 1. The molecular weight excluding hydrogens is 110 g/mol. The molecule has 0 radical (unpaired) electrons. The zero-order chi connectivity index (χ0) is 7.02. The van der Waals surface area contributed by atoms with Crippen LogP contribution >= 0.6 is 0 Å². The lowest BCUT2D eigenvalue weighted by Crippen LogP contribution is -1.99. The molecule has 0 aromatic carbocycles. The van der Waals surface area contributed by atoms with E-state index in [9.17, 15) is 0 Å². The lowest BCUT2D eigenvalue weighted by molar-refractivity contribution is 0.897. The molecule has 1 rings (SSSR count). The molecule has 2 N–H and O–H groups in total. The molecule has 0 aromatic rings. The van der Waals surface area contributed by atoms with Crippen LogP contribution in [0.3, 0.4) is 0 Å². The van der Waals surface area contributed by atoms with E-state index in [1.54, 1.807) is 0 Å². The van der Waals surface area contributed by atoms with Crippen molar-refractivity contribution in [3.8, 4) is 0 Å². The average molecular weight is 123 g/mol. The molecule has 1 aliphatic rings. The van der Waals surface area contributed by atoms with Gasteiger partial charge in [-0.3, -0.25) is 0 Å². The maximum Gasteiger partial charge on any atom is 0.0327 e. The van der Waals surface area contributed by atoms with Crippen LogP contribution < -0.4 is 5.73 Å². The maximum atomic E-state index is 5.68. The molecule has 1 fully saturated rings. The lowest BCUT2D eigenvalue weighted by Gasteiger charge is -1.84. The van der Waals surface area contributed by atoms with Gasteiger partial charge >= 0.3 is 0 Å². The minimum Gasteiger partial charge on any atom is -0.324 e.